The fourth-order valence-electron chi connectivity index (χ4n) is 0.563. The van der Waals surface area contributed by atoms with Gasteiger partial charge in [-0.3, -0.25) is 4.74 Å². The maximum atomic E-state index is 12.3. The minimum absolute atomic E-state index is 2.24. The fourth-order valence-corrected chi connectivity index (χ4v) is 0.563. The van der Waals surface area contributed by atoms with Gasteiger partial charge < -0.3 is 0 Å². The van der Waals surface area contributed by atoms with Crippen molar-refractivity contribution < 1.29 is 44.3 Å². The van der Waals surface area contributed by atoms with Gasteiger partial charge in [0.1, 0.15) is 6.67 Å². The van der Waals surface area contributed by atoms with Crippen LogP contribution >= 0.6 is 0 Å². The lowest BCUT2D eigenvalue weighted by Gasteiger charge is -2.30. The molecule has 0 aliphatic heterocycles. The van der Waals surface area contributed by atoms with Crippen LogP contribution in [0.3, 0.4) is 0 Å². The van der Waals surface area contributed by atoms with Crippen LogP contribution in [0, 0.1) is 0 Å². The smallest absolute Gasteiger partial charge is 0.278 e. The third-order valence-electron chi connectivity index (χ3n) is 1.39. The summed E-state index contributed by atoms with van der Waals surface area (Å²) in [7, 11) is 0. The van der Waals surface area contributed by atoms with E-state index in [1.165, 1.54) is 0 Å². The summed E-state index contributed by atoms with van der Waals surface area (Å²) in [6.07, 6.45) is -9.55. The molecule has 98 valence electrons. The van der Waals surface area contributed by atoms with Crippen molar-refractivity contribution in [3.05, 3.63) is 0 Å². The van der Waals surface area contributed by atoms with E-state index in [9.17, 15) is 39.5 Å². The van der Waals surface area contributed by atoms with E-state index in [0.717, 1.165) is 0 Å². The van der Waals surface area contributed by atoms with E-state index in [1.54, 1.807) is 0 Å². The van der Waals surface area contributed by atoms with Crippen molar-refractivity contribution in [3.63, 3.8) is 0 Å². The average molecular weight is 264 g/mol. The first kappa shape index (κ1) is 15.3. The van der Waals surface area contributed by atoms with Crippen molar-refractivity contribution in [2.75, 3.05) is 13.3 Å². The van der Waals surface area contributed by atoms with Gasteiger partial charge in [0.2, 0.25) is 6.36 Å². The van der Waals surface area contributed by atoms with Gasteiger partial charge in [-0.2, -0.15) is 26.3 Å². The van der Waals surface area contributed by atoms with Gasteiger partial charge >= 0.3 is 18.0 Å². The van der Waals surface area contributed by atoms with Crippen molar-refractivity contribution in [1.82, 2.24) is 0 Å². The Hall–Kier alpha value is -0.670. The SMILES string of the molecule is FCC(F)OC(F)(F)C(F)(F)C(F)(F)CF. The molecule has 0 aromatic carbocycles. The molecule has 0 N–H and O–H groups in total. The largest absolute Gasteiger partial charge is 0.428 e. The van der Waals surface area contributed by atoms with Crippen LogP contribution in [-0.2, 0) is 4.74 Å². The number of halogens is 9. The van der Waals surface area contributed by atoms with E-state index in [1.807, 2.05) is 0 Å². The Labute approximate surface area is 83.2 Å². The summed E-state index contributed by atoms with van der Waals surface area (Å²) in [4.78, 5) is 0. The second-order valence-corrected chi connectivity index (χ2v) is 2.61. The van der Waals surface area contributed by atoms with Crippen LogP contribution in [-0.4, -0.2) is 37.7 Å². The van der Waals surface area contributed by atoms with E-state index >= 15 is 0 Å². The normalized spacial score (nSPS) is 16.3. The Morgan fingerprint density at radius 2 is 1.38 bits per heavy atom. The van der Waals surface area contributed by atoms with Gasteiger partial charge in [0, 0.05) is 0 Å². The number of alkyl halides is 9. The summed E-state index contributed by atoms with van der Waals surface area (Å²) in [5.74, 6) is -12.1. The lowest BCUT2D eigenvalue weighted by Crippen LogP contribution is -2.57. The molecule has 0 aliphatic rings. The summed E-state index contributed by atoms with van der Waals surface area (Å²) < 4.78 is 111. The molecule has 0 aromatic rings. The maximum Gasteiger partial charge on any atom is 0.428 e. The van der Waals surface area contributed by atoms with Gasteiger partial charge in [0.25, 0.3) is 0 Å². The molecule has 1 nitrogen and oxygen atoms in total. The van der Waals surface area contributed by atoms with Crippen molar-refractivity contribution >= 4 is 0 Å². The zero-order chi connectivity index (χ0) is 13.2. The molecule has 0 bridgehead atoms. The van der Waals surface area contributed by atoms with Crippen molar-refractivity contribution in [2.24, 2.45) is 0 Å². The Balaban J connectivity index is 4.98. The van der Waals surface area contributed by atoms with Crippen LogP contribution < -0.4 is 0 Å². The number of hydrogen-bond acceptors (Lipinski definition) is 1. The second-order valence-electron chi connectivity index (χ2n) is 2.61. The highest BCUT2D eigenvalue weighted by molar-refractivity contribution is 4.91. The van der Waals surface area contributed by atoms with Gasteiger partial charge in [-0.15, -0.1) is 0 Å². The predicted molar refractivity (Wildman–Crippen MR) is 32.8 cm³/mol. The van der Waals surface area contributed by atoms with Gasteiger partial charge in [-0.05, 0) is 0 Å². The molecule has 0 aromatic heterocycles. The predicted octanol–water partition coefficient (Wildman–Crippen LogP) is 3.10. The highest BCUT2D eigenvalue weighted by Gasteiger charge is 2.73. The molecule has 16 heavy (non-hydrogen) atoms. The van der Waals surface area contributed by atoms with E-state index in [-0.39, 0.29) is 0 Å². The molecule has 0 saturated carbocycles. The van der Waals surface area contributed by atoms with Gasteiger partial charge in [0.05, 0.1) is 0 Å². The molecule has 0 radical (unpaired) electrons. The monoisotopic (exact) mass is 264 g/mol. The molecule has 10 heteroatoms. The fraction of sp³-hybridized carbons (Fsp3) is 1.00. The summed E-state index contributed by atoms with van der Waals surface area (Å²) in [6.45, 7) is -5.35. The second kappa shape index (κ2) is 4.68. The van der Waals surface area contributed by atoms with E-state index in [0.29, 0.717) is 0 Å². The van der Waals surface area contributed by atoms with Crippen molar-refractivity contribution in [1.29, 1.82) is 0 Å². The quantitative estimate of drug-likeness (QED) is 0.670. The summed E-state index contributed by atoms with van der Waals surface area (Å²) in [6, 6.07) is 0. The number of rotatable bonds is 6. The Kier molecular flexibility index (Phi) is 4.48. The lowest BCUT2D eigenvalue weighted by atomic mass is 10.2. The molecule has 1 atom stereocenters. The maximum absolute atomic E-state index is 12.3. The van der Waals surface area contributed by atoms with Crippen LogP contribution in [0.4, 0.5) is 39.5 Å². The van der Waals surface area contributed by atoms with Crippen LogP contribution in [0.5, 0.6) is 0 Å². The summed E-state index contributed by atoms with van der Waals surface area (Å²) in [5, 5.41) is 0. The van der Waals surface area contributed by atoms with E-state index in [2.05, 4.69) is 4.74 Å². The summed E-state index contributed by atoms with van der Waals surface area (Å²) >= 11 is 0. The molecule has 0 spiro atoms. The van der Waals surface area contributed by atoms with Crippen LogP contribution in [0.2, 0.25) is 0 Å². The molecule has 0 fully saturated rings. The van der Waals surface area contributed by atoms with E-state index in [4.69, 9.17) is 0 Å². The lowest BCUT2D eigenvalue weighted by molar-refractivity contribution is -0.418. The first-order valence-electron chi connectivity index (χ1n) is 3.59. The zero-order valence-electron chi connectivity index (χ0n) is 7.30. The number of ether oxygens (including phenoxy) is 1. The van der Waals surface area contributed by atoms with Crippen LogP contribution in [0.15, 0.2) is 0 Å². The zero-order valence-corrected chi connectivity index (χ0v) is 7.30. The minimum atomic E-state index is -6.30. The first-order chi connectivity index (χ1) is 7.02. The van der Waals surface area contributed by atoms with Crippen molar-refractivity contribution in [3.8, 4) is 0 Å². The Bertz CT molecular complexity index is 228. The van der Waals surface area contributed by atoms with Crippen molar-refractivity contribution in [2.45, 2.75) is 24.3 Å². The Morgan fingerprint density at radius 1 is 0.938 bits per heavy atom. The molecule has 0 saturated heterocycles. The van der Waals surface area contributed by atoms with Crippen LogP contribution in [0.1, 0.15) is 0 Å². The molecule has 0 rings (SSSR count). The Morgan fingerprint density at radius 3 is 1.69 bits per heavy atom. The third kappa shape index (κ3) is 2.71. The molecule has 0 aliphatic carbocycles. The third-order valence-corrected chi connectivity index (χ3v) is 1.39. The highest BCUT2D eigenvalue weighted by atomic mass is 19.4. The van der Waals surface area contributed by atoms with Gasteiger partial charge in [-0.1, -0.05) is 0 Å². The average Bonchev–Trinajstić information content (AvgIpc) is 2.16. The number of hydrogen-bond donors (Lipinski definition) is 0. The summed E-state index contributed by atoms with van der Waals surface area (Å²) in [5.41, 5.74) is 0. The highest BCUT2D eigenvalue weighted by Crippen LogP contribution is 2.46. The first-order valence-corrected chi connectivity index (χ1v) is 3.59. The molecular formula is C6H5F9O. The molecule has 1 unspecified atom stereocenters. The van der Waals surface area contributed by atoms with Crippen LogP contribution in [0.25, 0.3) is 0 Å². The molecule has 0 heterocycles. The topological polar surface area (TPSA) is 9.23 Å². The minimum Gasteiger partial charge on any atom is -0.278 e. The molecule has 0 amide bonds. The standard InChI is InChI=1S/C6H5F9O/c7-1-3(9)16-6(14,15)5(12,13)4(10,11)2-8/h3H,1-2H2. The van der Waals surface area contributed by atoms with Gasteiger partial charge in [-0.25, -0.2) is 13.2 Å². The van der Waals surface area contributed by atoms with E-state index < -0.39 is 37.7 Å². The van der Waals surface area contributed by atoms with Gasteiger partial charge in [0.15, 0.2) is 6.67 Å². The molecular weight excluding hydrogens is 259 g/mol.